The van der Waals surface area contributed by atoms with Gasteiger partial charge >= 0.3 is 0 Å². The number of ketones is 1. The average molecular weight is 411 g/mol. The summed E-state index contributed by atoms with van der Waals surface area (Å²) in [4.78, 5) is 16.3. The number of rotatable bonds is 6. The van der Waals surface area contributed by atoms with Crippen LogP contribution in [0.3, 0.4) is 0 Å². The zero-order chi connectivity index (χ0) is 17.8. The van der Waals surface area contributed by atoms with Crippen molar-refractivity contribution in [3.63, 3.8) is 0 Å². The van der Waals surface area contributed by atoms with Gasteiger partial charge in [0, 0.05) is 6.42 Å². The predicted octanol–water partition coefficient (Wildman–Crippen LogP) is 3.33. The van der Waals surface area contributed by atoms with Crippen LogP contribution in [0.25, 0.3) is 0 Å². The number of aromatic nitrogens is 2. The quantitative estimate of drug-likeness (QED) is 0.430. The molecule has 3 rings (SSSR count). The molecule has 132 valence electrons. The summed E-state index contributed by atoms with van der Waals surface area (Å²) < 4.78 is 18.2. The first-order valence-corrected chi connectivity index (χ1v) is 8.63. The fourth-order valence-corrected chi connectivity index (χ4v) is 2.96. The molecule has 1 aromatic heterocycles. The molecular formula is C16H16BrFN4O3. The molecule has 0 spiro atoms. The maximum Gasteiger partial charge on any atom is 0.182 e. The number of hydrogen-bond donors (Lipinski definition) is 2. The summed E-state index contributed by atoms with van der Waals surface area (Å²) in [5.74, 6) is 0.0361. The molecule has 1 aliphatic carbocycles. The van der Waals surface area contributed by atoms with Crippen molar-refractivity contribution in [1.29, 1.82) is 0 Å². The number of aliphatic imine (C=N–C) groups is 1. The van der Waals surface area contributed by atoms with E-state index in [0.29, 0.717) is 23.7 Å². The van der Waals surface area contributed by atoms with E-state index in [0.717, 1.165) is 12.8 Å². The summed E-state index contributed by atoms with van der Waals surface area (Å²) >= 11 is 3.07. The molecule has 0 radical (unpaired) electrons. The number of benzene rings is 1. The molecule has 1 aliphatic rings. The van der Waals surface area contributed by atoms with Gasteiger partial charge in [-0.3, -0.25) is 15.5 Å². The molecule has 0 saturated heterocycles. The van der Waals surface area contributed by atoms with Crippen molar-refractivity contribution in [2.24, 2.45) is 10.9 Å². The van der Waals surface area contributed by atoms with Crippen LogP contribution in [-0.4, -0.2) is 27.1 Å². The first kappa shape index (κ1) is 17.7. The maximum absolute atomic E-state index is 13.3. The zero-order valence-corrected chi connectivity index (χ0v) is 14.8. The highest BCUT2D eigenvalue weighted by molar-refractivity contribution is 9.10. The van der Waals surface area contributed by atoms with E-state index in [1.807, 2.05) is 5.48 Å². The third-order valence-electron chi connectivity index (χ3n) is 4.14. The largest absolute Gasteiger partial charge is 0.299 e. The molecule has 2 aromatic rings. The molecule has 0 unspecified atom stereocenters. The Morgan fingerprint density at radius 2 is 2.24 bits per heavy atom. The highest BCUT2D eigenvalue weighted by Gasteiger charge is 2.24. The first-order chi connectivity index (χ1) is 12.1. The number of halogens is 2. The first-order valence-electron chi connectivity index (χ1n) is 7.84. The molecular weight excluding hydrogens is 395 g/mol. The van der Waals surface area contributed by atoms with Gasteiger partial charge in [0.1, 0.15) is 17.3 Å². The van der Waals surface area contributed by atoms with E-state index in [9.17, 15) is 14.4 Å². The number of nitrogens with one attached hydrogen (secondary N) is 1. The predicted molar refractivity (Wildman–Crippen MR) is 90.2 cm³/mol. The van der Waals surface area contributed by atoms with E-state index in [1.54, 1.807) is 0 Å². The Morgan fingerprint density at radius 3 is 2.88 bits per heavy atom. The summed E-state index contributed by atoms with van der Waals surface area (Å²) in [5, 5.41) is 16.8. The summed E-state index contributed by atoms with van der Waals surface area (Å²) in [6.45, 7) is 0. The van der Waals surface area contributed by atoms with Gasteiger partial charge in [-0.15, -0.1) is 0 Å². The SMILES string of the molecule is O=C(Cc1nonc1C(=Nc1ccc(F)c(Br)c1)NO)CC1CCC1. The minimum Gasteiger partial charge on any atom is -0.299 e. The second-order valence-corrected chi connectivity index (χ2v) is 6.80. The molecule has 0 bridgehead atoms. The lowest BCUT2D eigenvalue weighted by Gasteiger charge is -2.24. The van der Waals surface area contributed by atoms with Crippen molar-refractivity contribution < 1.29 is 19.0 Å². The number of hydroxylamine groups is 1. The molecule has 2 N–H and O–H groups in total. The van der Waals surface area contributed by atoms with Crippen molar-refractivity contribution >= 4 is 33.2 Å². The second-order valence-electron chi connectivity index (χ2n) is 5.95. The molecule has 7 nitrogen and oxygen atoms in total. The standard InChI is InChI=1S/C16H16BrFN4O3/c17-12-7-10(4-5-13(12)18)19-16(20-24)15-14(21-25-22-15)8-11(23)6-9-2-1-3-9/h4-5,7,9,24H,1-3,6,8H2,(H,19,20). The fraction of sp³-hybridized carbons (Fsp3) is 0.375. The van der Waals surface area contributed by atoms with Gasteiger partial charge in [0.25, 0.3) is 0 Å². The Labute approximate surface area is 151 Å². The Morgan fingerprint density at radius 1 is 1.44 bits per heavy atom. The fourth-order valence-electron chi connectivity index (χ4n) is 2.59. The molecule has 0 atom stereocenters. The summed E-state index contributed by atoms with van der Waals surface area (Å²) in [5.41, 5.74) is 2.75. The highest BCUT2D eigenvalue weighted by atomic mass is 79.9. The molecule has 25 heavy (non-hydrogen) atoms. The van der Waals surface area contributed by atoms with Crippen LogP contribution in [-0.2, 0) is 11.2 Å². The van der Waals surface area contributed by atoms with Crippen LogP contribution in [0.1, 0.15) is 37.1 Å². The van der Waals surface area contributed by atoms with Crippen LogP contribution in [0, 0.1) is 11.7 Å². The van der Waals surface area contributed by atoms with E-state index in [1.165, 1.54) is 24.6 Å². The maximum atomic E-state index is 13.3. The van der Waals surface area contributed by atoms with Crippen molar-refractivity contribution in [3.8, 4) is 0 Å². The summed E-state index contributed by atoms with van der Waals surface area (Å²) in [7, 11) is 0. The molecule has 1 heterocycles. The summed E-state index contributed by atoms with van der Waals surface area (Å²) in [6.07, 6.45) is 3.91. The Kier molecular flexibility index (Phi) is 5.54. The monoisotopic (exact) mass is 410 g/mol. The number of nitrogens with zero attached hydrogens (tertiary/aromatic N) is 3. The molecule has 0 aliphatic heterocycles. The van der Waals surface area contributed by atoms with E-state index < -0.39 is 5.82 Å². The number of amidine groups is 1. The van der Waals surface area contributed by atoms with Crippen LogP contribution < -0.4 is 5.48 Å². The smallest absolute Gasteiger partial charge is 0.182 e. The van der Waals surface area contributed by atoms with E-state index in [4.69, 9.17) is 4.63 Å². The number of carbonyl (C=O) groups excluding carboxylic acids is 1. The molecule has 0 amide bonds. The topological polar surface area (TPSA) is 101 Å². The van der Waals surface area contributed by atoms with E-state index in [-0.39, 0.29) is 28.2 Å². The minimum atomic E-state index is -0.428. The van der Waals surface area contributed by atoms with Crippen LogP contribution in [0.2, 0.25) is 0 Å². The molecule has 1 saturated carbocycles. The van der Waals surface area contributed by atoms with Crippen molar-refractivity contribution in [1.82, 2.24) is 15.8 Å². The van der Waals surface area contributed by atoms with Crippen molar-refractivity contribution in [2.45, 2.75) is 32.1 Å². The van der Waals surface area contributed by atoms with Gasteiger partial charge < -0.3 is 0 Å². The lowest BCUT2D eigenvalue weighted by atomic mass is 9.81. The van der Waals surface area contributed by atoms with E-state index >= 15 is 0 Å². The van der Waals surface area contributed by atoms with Crippen LogP contribution >= 0.6 is 15.9 Å². The Bertz CT molecular complexity index is 804. The lowest BCUT2D eigenvalue weighted by Crippen LogP contribution is -2.23. The highest BCUT2D eigenvalue weighted by Crippen LogP contribution is 2.30. The van der Waals surface area contributed by atoms with Crippen molar-refractivity contribution in [3.05, 3.63) is 39.9 Å². The second kappa shape index (κ2) is 7.83. The lowest BCUT2D eigenvalue weighted by molar-refractivity contribution is -0.120. The Hall–Kier alpha value is -2.13. The number of Topliss-reactive ketones (excluding diaryl/α,β-unsaturated/α-hetero) is 1. The van der Waals surface area contributed by atoms with Crippen molar-refractivity contribution in [2.75, 3.05) is 0 Å². The van der Waals surface area contributed by atoms with Gasteiger partial charge in [0.15, 0.2) is 11.5 Å². The Balaban J connectivity index is 1.79. The van der Waals surface area contributed by atoms with Crippen LogP contribution in [0.15, 0.2) is 32.3 Å². The molecule has 9 heteroatoms. The minimum absolute atomic E-state index is 0.0359. The van der Waals surface area contributed by atoms with E-state index in [2.05, 4.69) is 31.2 Å². The molecule has 1 aromatic carbocycles. The molecule has 1 fully saturated rings. The van der Waals surface area contributed by atoms with Gasteiger partial charge in [-0.1, -0.05) is 24.4 Å². The van der Waals surface area contributed by atoms with Crippen LogP contribution in [0.4, 0.5) is 10.1 Å². The number of carbonyl (C=O) groups is 1. The third-order valence-corrected chi connectivity index (χ3v) is 4.74. The number of hydrogen-bond acceptors (Lipinski definition) is 6. The van der Waals surface area contributed by atoms with Gasteiger partial charge in [-0.25, -0.2) is 14.0 Å². The normalized spacial score (nSPS) is 15.1. The van der Waals surface area contributed by atoms with Gasteiger partial charge in [-0.05, 0) is 45.2 Å². The van der Waals surface area contributed by atoms with Gasteiger partial charge in [0.2, 0.25) is 0 Å². The van der Waals surface area contributed by atoms with Gasteiger partial charge in [-0.2, -0.15) is 0 Å². The third kappa shape index (κ3) is 4.29. The van der Waals surface area contributed by atoms with Crippen LogP contribution in [0.5, 0.6) is 0 Å². The average Bonchev–Trinajstić information content (AvgIpc) is 3.00. The van der Waals surface area contributed by atoms with Gasteiger partial charge in [0.05, 0.1) is 16.6 Å². The summed E-state index contributed by atoms with van der Waals surface area (Å²) in [6, 6.07) is 4.12. The zero-order valence-electron chi connectivity index (χ0n) is 13.2.